The number of nitrogens with two attached hydrogens (primary N) is 1. The highest BCUT2D eigenvalue weighted by Crippen LogP contribution is 2.26. The highest BCUT2D eigenvalue weighted by molar-refractivity contribution is 5.56. The molecule has 0 bridgehead atoms. The van der Waals surface area contributed by atoms with Crippen molar-refractivity contribution >= 4 is 11.5 Å². The molecule has 0 spiro atoms. The molecule has 0 unspecified atom stereocenters. The summed E-state index contributed by atoms with van der Waals surface area (Å²) >= 11 is 0. The molecular weight excluding hydrogens is 156 g/mol. The molecule has 0 aliphatic rings. The van der Waals surface area contributed by atoms with E-state index in [4.69, 9.17) is 5.73 Å². The van der Waals surface area contributed by atoms with Gasteiger partial charge in [0.25, 0.3) is 0 Å². The lowest BCUT2D eigenvalue weighted by atomic mass is 10.1. The third-order valence-corrected chi connectivity index (χ3v) is 1.52. The van der Waals surface area contributed by atoms with Crippen molar-refractivity contribution in [2.24, 2.45) is 5.18 Å². The zero-order valence-electron chi connectivity index (χ0n) is 7.40. The van der Waals surface area contributed by atoms with Gasteiger partial charge in [0, 0.05) is 0 Å². The van der Waals surface area contributed by atoms with Crippen LogP contribution in [0.2, 0.25) is 0 Å². The summed E-state index contributed by atoms with van der Waals surface area (Å²) in [5, 5.41) is 6.70. The Labute approximate surface area is 70.5 Å². The van der Waals surface area contributed by atoms with E-state index < -0.39 is 0 Å². The van der Waals surface area contributed by atoms with Crippen LogP contribution >= 0.6 is 0 Å². The van der Waals surface area contributed by atoms with Crippen LogP contribution in [0.15, 0.2) is 11.4 Å². The molecular formula is C7H12N4O. The molecule has 0 radical (unpaired) electrons. The predicted molar refractivity (Wildman–Crippen MR) is 47.1 cm³/mol. The summed E-state index contributed by atoms with van der Waals surface area (Å²) in [6.45, 7) is 5.85. The van der Waals surface area contributed by atoms with E-state index in [1.807, 2.05) is 20.8 Å². The van der Waals surface area contributed by atoms with Crippen molar-refractivity contribution in [1.82, 2.24) is 9.78 Å². The summed E-state index contributed by atoms with van der Waals surface area (Å²) in [4.78, 5) is 10.2. The molecule has 5 nitrogen and oxygen atoms in total. The Morgan fingerprint density at radius 2 is 2.17 bits per heavy atom. The zero-order chi connectivity index (χ0) is 9.35. The number of aromatic nitrogens is 2. The molecule has 0 saturated heterocycles. The average molecular weight is 168 g/mol. The zero-order valence-corrected chi connectivity index (χ0v) is 7.40. The third-order valence-electron chi connectivity index (χ3n) is 1.52. The van der Waals surface area contributed by atoms with Gasteiger partial charge in [0.2, 0.25) is 0 Å². The summed E-state index contributed by atoms with van der Waals surface area (Å²) in [5.41, 5.74) is 5.59. The summed E-state index contributed by atoms with van der Waals surface area (Å²) in [7, 11) is 0. The van der Waals surface area contributed by atoms with Crippen molar-refractivity contribution in [3.8, 4) is 0 Å². The van der Waals surface area contributed by atoms with E-state index in [2.05, 4.69) is 10.3 Å². The Kier molecular flexibility index (Phi) is 1.87. The maximum absolute atomic E-state index is 10.2. The number of nitroso groups, excluding NO2 is 1. The van der Waals surface area contributed by atoms with Crippen molar-refractivity contribution in [3.05, 3.63) is 11.1 Å². The summed E-state index contributed by atoms with van der Waals surface area (Å²) in [6.07, 6.45) is 1.37. The molecule has 1 aromatic heterocycles. The molecule has 0 aliphatic heterocycles. The molecule has 0 fully saturated rings. The van der Waals surface area contributed by atoms with Gasteiger partial charge in [-0.25, -0.2) is 4.68 Å². The molecule has 2 N–H and O–H groups in total. The lowest BCUT2D eigenvalue weighted by molar-refractivity contribution is 0.361. The van der Waals surface area contributed by atoms with Gasteiger partial charge in [-0.05, 0) is 25.9 Å². The summed E-state index contributed by atoms with van der Waals surface area (Å²) < 4.78 is 1.57. The molecule has 0 amide bonds. The molecule has 1 rings (SSSR count). The fourth-order valence-electron chi connectivity index (χ4n) is 0.954. The van der Waals surface area contributed by atoms with Crippen LogP contribution in [0.25, 0.3) is 0 Å². The Balaban J connectivity index is 3.19. The van der Waals surface area contributed by atoms with Gasteiger partial charge in [-0.2, -0.15) is 5.10 Å². The summed E-state index contributed by atoms with van der Waals surface area (Å²) in [6, 6.07) is 0. The SMILES string of the molecule is CC(C)(C)n1ncc(N=O)c1N. The van der Waals surface area contributed by atoms with Crippen LogP contribution in [0.3, 0.4) is 0 Å². The molecule has 1 aromatic rings. The van der Waals surface area contributed by atoms with E-state index in [1.54, 1.807) is 4.68 Å². The molecule has 1 heterocycles. The highest BCUT2D eigenvalue weighted by atomic mass is 16.3. The van der Waals surface area contributed by atoms with E-state index in [1.165, 1.54) is 6.20 Å². The highest BCUT2D eigenvalue weighted by Gasteiger charge is 2.19. The average Bonchev–Trinajstić information content (AvgIpc) is 2.29. The topological polar surface area (TPSA) is 73.3 Å². The first-order valence-corrected chi connectivity index (χ1v) is 3.64. The Hall–Kier alpha value is -1.39. The van der Waals surface area contributed by atoms with Crippen molar-refractivity contribution in [1.29, 1.82) is 0 Å². The van der Waals surface area contributed by atoms with Crippen LogP contribution < -0.4 is 5.73 Å². The van der Waals surface area contributed by atoms with Gasteiger partial charge in [0.05, 0.1) is 11.7 Å². The normalized spacial score (nSPS) is 11.6. The van der Waals surface area contributed by atoms with Gasteiger partial charge < -0.3 is 5.73 Å². The van der Waals surface area contributed by atoms with Crippen LogP contribution in [0.1, 0.15) is 20.8 Å². The monoisotopic (exact) mass is 168 g/mol. The Morgan fingerprint density at radius 1 is 1.58 bits per heavy atom. The van der Waals surface area contributed by atoms with Gasteiger partial charge in [0.1, 0.15) is 0 Å². The fourth-order valence-corrected chi connectivity index (χ4v) is 0.954. The number of hydrogen-bond donors (Lipinski definition) is 1. The quantitative estimate of drug-likeness (QED) is 0.647. The Bertz CT molecular complexity index is 297. The number of anilines is 1. The van der Waals surface area contributed by atoms with Crippen LogP contribution in [-0.2, 0) is 5.54 Å². The van der Waals surface area contributed by atoms with Crippen LogP contribution in [0.4, 0.5) is 11.5 Å². The second-order valence-electron chi connectivity index (χ2n) is 3.59. The van der Waals surface area contributed by atoms with E-state index in [-0.39, 0.29) is 11.2 Å². The maximum Gasteiger partial charge on any atom is 0.169 e. The first-order valence-electron chi connectivity index (χ1n) is 3.64. The van der Waals surface area contributed by atoms with Gasteiger partial charge in [-0.15, -0.1) is 4.91 Å². The molecule has 0 saturated carbocycles. The largest absolute Gasteiger partial charge is 0.382 e. The van der Waals surface area contributed by atoms with Gasteiger partial charge in [0.15, 0.2) is 11.5 Å². The van der Waals surface area contributed by atoms with E-state index in [9.17, 15) is 4.91 Å². The van der Waals surface area contributed by atoms with E-state index >= 15 is 0 Å². The molecule has 0 aromatic carbocycles. The van der Waals surface area contributed by atoms with Gasteiger partial charge in [-0.3, -0.25) is 0 Å². The van der Waals surface area contributed by atoms with E-state index in [0.29, 0.717) is 5.82 Å². The Morgan fingerprint density at radius 3 is 2.42 bits per heavy atom. The minimum absolute atomic E-state index is 0.199. The van der Waals surface area contributed by atoms with Gasteiger partial charge >= 0.3 is 0 Å². The molecule has 0 atom stereocenters. The van der Waals surface area contributed by atoms with E-state index in [0.717, 1.165) is 0 Å². The van der Waals surface area contributed by atoms with Gasteiger partial charge in [-0.1, -0.05) is 0 Å². The van der Waals surface area contributed by atoms with Crippen LogP contribution in [0, 0.1) is 4.91 Å². The first-order chi connectivity index (χ1) is 5.46. The van der Waals surface area contributed by atoms with Crippen molar-refractivity contribution in [3.63, 3.8) is 0 Å². The number of hydrogen-bond acceptors (Lipinski definition) is 4. The first kappa shape index (κ1) is 8.70. The number of nitrogens with zero attached hydrogens (tertiary/aromatic N) is 3. The molecule has 5 heteroatoms. The molecule has 12 heavy (non-hydrogen) atoms. The molecule has 0 aliphatic carbocycles. The van der Waals surface area contributed by atoms with Crippen molar-refractivity contribution in [2.45, 2.75) is 26.3 Å². The second kappa shape index (κ2) is 2.58. The lowest BCUT2D eigenvalue weighted by Crippen LogP contribution is -2.24. The minimum Gasteiger partial charge on any atom is -0.382 e. The maximum atomic E-state index is 10.2. The van der Waals surface area contributed by atoms with Crippen LogP contribution in [0.5, 0.6) is 0 Å². The number of rotatable bonds is 1. The minimum atomic E-state index is -0.215. The number of nitrogen functional groups attached to an aromatic ring is 1. The summed E-state index contributed by atoms with van der Waals surface area (Å²) in [5.74, 6) is 0.317. The molecule has 66 valence electrons. The predicted octanol–water partition coefficient (Wildman–Crippen LogP) is 1.62. The van der Waals surface area contributed by atoms with Crippen LogP contribution in [-0.4, -0.2) is 9.78 Å². The van der Waals surface area contributed by atoms with Crippen molar-refractivity contribution in [2.75, 3.05) is 5.73 Å². The standard InChI is InChI=1S/C7H12N4O/c1-7(2,3)11-6(8)5(10-12)4-9-11/h4H,8H2,1-3H3. The lowest BCUT2D eigenvalue weighted by Gasteiger charge is -2.20. The smallest absolute Gasteiger partial charge is 0.169 e. The third kappa shape index (κ3) is 1.30. The second-order valence-corrected chi connectivity index (χ2v) is 3.59. The fraction of sp³-hybridized carbons (Fsp3) is 0.571. The van der Waals surface area contributed by atoms with Crippen molar-refractivity contribution < 1.29 is 0 Å².